The Labute approximate surface area is 83.9 Å². The lowest BCUT2D eigenvalue weighted by Gasteiger charge is -2.29. The number of nitrogens with zero attached hydrogens (tertiary/aromatic N) is 1. The van der Waals surface area contributed by atoms with E-state index in [2.05, 4.69) is 10.2 Å². The quantitative estimate of drug-likeness (QED) is 0.647. The lowest BCUT2D eigenvalue weighted by atomic mass is 10.2. The summed E-state index contributed by atoms with van der Waals surface area (Å²) < 4.78 is 5.26. The molecule has 0 bridgehead atoms. The minimum absolute atomic E-state index is 0.0735. The first kappa shape index (κ1) is 9.52. The van der Waals surface area contributed by atoms with Crippen LogP contribution in [0, 0.1) is 0 Å². The number of carbonyl (C=O) groups excluding carboxylic acids is 1. The summed E-state index contributed by atoms with van der Waals surface area (Å²) in [5, 5.41) is 2.90. The van der Waals surface area contributed by atoms with Crippen molar-refractivity contribution < 1.29 is 9.53 Å². The van der Waals surface area contributed by atoms with Crippen molar-refractivity contribution in [2.24, 2.45) is 0 Å². The van der Waals surface area contributed by atoms with Crippen LogP contribution in [0.4, 0.5) is 0 Å². The van der Waals surface area contributed by atoms with Crippen LogP contribution in [0.5, 0.6) is 0 Å². The van der Waals surface area contributed by atoms with Crippen molar-refractivity contribution in [2.45, 2.75) is 12.8 Å². The van der Waals surface area contributed by atoms with Crippen LogP contribution in [0.3, 0.4) is 0 Å². The van der Waals surface area contributed by atoms with Crippen molar-refractivity contribution in [1.29, 1.82) is 0 Å². The van der Waals surface area contributed by atoms with Crippen molar-refractivity contribution >= 4 is 5.91 Å². The van der Waals surface area contributed by atoms with Gasteiger partial charge in [0.05, 0.1) is 18.9 Å². The highest BCUT2D eigenvalue weighted by Crippen LogP contribution is 2.11. The molecule has 0 aromatic heterocycles. The molecular formula is C10H16N2O2. The molecule has 1 amide bonds. The highest BCUT2D eigenvalue weighted by Gasteiger charge is 2.20. The second kappa shape index (κ2) is 4.46. The molecule has 0 unspecified atom stereocenters. The summed E-state index contributed by atoms with van der Waals surface area (Å²) in [6, 6.07) is 0. The van der Waals surface area contributed by atoms with Crippen LogP contribution in [0.25, 0.3) is 0 Å². The van der Waals surface area contributed by atoms with Crippen molar-refractivity contribution in [2.75, 3.05) is 32.8 Å². The highest BCUT2D eigenvalue weighted by atomic mass is 16.5. The van der Waals surface area contributed by atoms with Gasteiger partial charge in [-0.2, -0.15) is 0 Å². The maximum atomic E-state index is 11.7. The Morgan fingerprint density at radius 3 is 2.93 bits per heavy atom. The molecule has 4 heteroatoms. The van der Waals surface area contributed by atoms with Gasteiger partial charge in [-0.05, 0) is 12.8 Å². The predicted molar refractivity (Wildman–Crippen MR) is 52.7 cm³/mol. The van der Waals surface area contributed by atoms with Crippen molar-refractivity contribution in [3.05, 3.63) is 11.8 Å². The van der Waals surface area contributed by atoms with E-state index in [4.69, 9.17) is 4.74 Å². The van der Waals surface area contributed by atoms with Gasteiger partial charge in [-0.15, -0.1) is 0 Å². The first-order valence-electron chi connectivity index (χ1n) is 5.19. The minimum Gasteiger partial charge on any atom is -0.378 e. The summed E-state index contributed by atoms with van der Waals surface area (Å²) in [7, 11) is 0. The minimum atomic E-state index is 0.0735. The first-order valence-corrected chi connectivity index (χ1v) is 5.19. The monoisotopic (exact) mass is 196 g/mol. The molecule has 0 aliphatic carbocycles. The van der Waals surface area contributed by atoms with E-state index in [1.807, 2.05) is 6.08 Å². The number of rotatable bonds is 1. The predicted octanol–water partition coefficient (Wildman–Crippen LogP) is 0.112. The molecule has 1 fully saturated rings. The van der Waals surface area contributed by atoms with Crippen molar-refractivity contribution in [3.63, 3.8) is 0 Å². The first-order chi connectivity index (χ1) is 6.88. The summed E-state index contributed by atoms with van der Waals surface area (Å²) in [5.41, 5.74) is 0.839. The van der Waals surface area contributed by atoms with Gasteiger partial charge in [-0.25, -0.2) is 0 Å². The molecule has 0 atom stereocenters. The molecule has 2 rings (SSSR count). The van der Waals surface area contributed by atoms with E-state index in [1.165, 1.54) is 0 Å². The molecule has 2 aliphatic heterocycles. The molecule has 14 heavy (non-hydrogen) atoms. The summed E-state index contributed by atoms with van der Waals surface area (Å²) in [6.45, 7) is 3.91. The summed E-state index contributed by atoms with van der Waals surface area (Å²) >= 11 is 0. The highest BCUT2D eigenvalue weighted by molar-refractivity contribution is 5.93. The third kappa shape index (κ3) is 2.07. The standard InChI is InChI=1S/C10H16N2O2/c13-10-9(3-1-2-4-11-10)12-5-7-14-8-6-12/h3H,1-2,4-8H2,(H,11,13). The number of hydrogen-bond acceptors (Lipinski definition) is 3. The van der Waals surface area contributed by atoms with Gasteiger partial charge < -0.3 is 15.0 Å². The lowest BCUT2D eigenvalue weighted by molar-refractivity contribution is -0.119. The molecule has 2 aliphatic rings. The third-order valence-electron chi connectivity index (χ3n) is 2.59. The third-order valence-corrected chi connectivity index (χ3v) is 2.59. The average molecular weight is 196 g/mol. The summed E-state index contributed by atoms with van der Waals surface area (Å²) in [4.78, 5) is 13.8. The van der Waals surface area contributed by atoms with E-state index in [9.17, 15) is 4.79 Å². The number of carbonyl (C=O) groups is 1. The van der Waals surface area contributed by atoms with Crippen molar-refractivity contribution in [1.82, 2.24) is 10.2 Å². The van der Waals surface area contributed by atoms with Crippen LogP contribution in [0.15, 0.2) is 11.8 Å². The van der Waals surface area contributed by atoms with Crippen LogP contribution in [0.2, 0.25) is 0 Å². The van der Waals surface area contributed by atoms with Gasteiger partial charge in [0.15, 0.2) is 0 Å². The molecular weight excluding hydrogens is 180 g/mol. The fraction of sp³-hybridized carbons (Fsp3) is 0.700. The van der Waals surface area contributed by atoms with Crippen LogP contribution in [0.1, 0.15) is 12.8 Å². The van der Waals surface area contributed by atoms with Gasteiger partial charge in [0, 0.05) is 19.6 Å². The Hall–Kier alpha value is -1.03. The fourth-order valence-electron chi connectivity index (χ4n) is 1.80. The average Bonchev–Trinajstić information content (AvgIpc) is 2.44. The van der Waals surface area contributed by atoms with E-state index >= 15 is 0 Å². The molecule has 0 aromatic carbocycles. The second-order valence-electron chi connectivity index (χ2n) is 3.59. The fourth-order valence-corrected chi connectivity index (χ4v) is 1.80. The zero-order chi connectivity index (χ0) is 9.80. The van der Waals surface area contributed by atoms with Crippen LogP contribution < -0.4 is 5.32 Å². The molecule has 0 saturated carbocycles. The van der Waals surface area contributed by atoms with Crippen LogP contribution in [-0.2, 0) is 9.53 Å². The molecule has 4 nitrogen and oxygen atoms in total. The van der Waals surface area contributed by atoms with Gasteiger partial charge in [0.25, 0.3) is 5.91 Å². The Kier molecular flexibility index (Phi) is 3.03. The molecule has 2 heterocycles. The van der Waals surface area contributed by atoms with Crippen LogP contribution >= 0.6 is 0 Å². The van der Waals surface area contributed by atoms with Gasteiger partial charge >= 0.3 is 0 Å². The Morgan fingerprint density at radius 2 is 2.14 bits per heavy atom. The summed E-state index contributed by atoms with van der Waals surface area (Å²) in [5.74, 6) is 0.0735. The molecule has 1 saturated heterocycles. The topological polar surface area (TPSA) is 41.6 Å². The Bertz CT molecular complexity index is 245. The van der Waals surface area contributed by atoms with E-state index in [1.54, 1.807) is 0 Å². The van der Waals surface area contributed by atoms with E-state index < -0.39 is 0 Å². The molecule has 0 radical (unpaired) electrons. The SMILES string of the molecule is O=C1NCCCC=C1N1CCOCC1. The number of hydrogen-bond donors (Lipinski definition) is 1. The van der Waals surface area contributed by atoms with Gasteiger partial charge in [-0.3, -0.25) is 4.79 Å². The maximum Gasteiger partial charge on any atom is 0.267 e. The normalized spacial score (nSPS) is 23.9. The number of ether oxygens (including phenoxy) is 1. The van der Waals surface area contributed by atoms with Gasteiger partial charge in [-0.1, -0.05) is 6.08 Å². The molecule has 1 N–H and O–H groups in total. The Morgan fingerprint density at radius 1 is 1.36 bits per heavy atom. The van der Waals surface area contributed by atoms with Crippen LogP contribution in [-0.4, -0.2) is 43.7 Å². The molecule has 0 spiro atoms. The van der Waals surface area contributed by atoms with E-state index in [0.29, 0.717) is 0 Å². The molecule has 78 valence electrons. The van der Waals surface area contributed by atoms with E-state index in [-0.39, 0.29) is 5.91 Å². The number of allylic oxidation sites excluding steroid dienone is 1. The second-order valence-corrected chi connectivity index (χ2v) is 3.59. The lowest BCUT2D eigenvalue weighted by Crippen LogP contribution is -2.41. The van der Waals surface area contributed by atoms with Gasteiger partial charge in [0.2, 0.25) is 0 Å². The maximum absolute atomic E-state index is 11.7. The number of amides is 1. The molecule has 0 aromatic rings. The van der Waals surface area contributed by atoms with Gasteiger partial charge in [0.1, 0.15) is 0 Å². The smallest absolute Gasteiger partial charge is 0.267 e. The largest absolute Gasteiger partial charge is 0.378 e. The zero-order valence-electron chi connectivity index (χ0n) is 8.29. The zero-order valence-corrected chi connectivity index (χ0v) is 8.29. The van der Waals surface area contributed by atoms with E-state index in [0.717, 1.165) is 51.4 Å². The Balaban J connectivity index is 2.05. The summed E-state index contributed by atoms with van der Waals surface area (Å²) in [6.07, 6.45) is 4.08. The number of nitrogens with one attached hydrogen (secondary N) is 1. The van der Waals surface area contributed by atoms with Crippen molar-refractivity contribution in [3.8, 4) is 0 Å². The number of morpholine rings is 1.